The maximum absolute atomic E-state index is 8.38. The molecule has 0 fully saturated rings. The SMILES string of the molecule is N#Cc1ccc(CCl)nc1. The number of aromatic nitrogens is 1. The number of nitriles is 1. The molecule has 0 unspecified atom stereocenters. The molecular formula is C7H5ClN2. The highest BCUT2D eigenvalue weighted by Crippen LogP contribution is 2.00. The Hall–Kier alpha value is -1.07. The average Bonchev–Trinajstić information content (AvgIpc) is 2.05. The van der Waals surface area contributed by atoms with Crippen molar-refractivity contribution in [1.29, 1.82) is 5.26 Å². The Balaban J connectivity index is 2.93. The van der Waals surface area contributed by atoms with Crippen LogP contribution in [0.1, 0.15) is 11.3 Å². The van der Waals surface area contributed by atoms with E-state index in [1.165, 1.54) is 6.20 Å². The van der Waals surface area contributed by atoms with Crippen molar-refractivity contribution in [3.8, 4) is 6.07 Å². The zero-order valence-electron chi connectivity index (χ0n) is 5.21. The molecule has 10 heavy (non-hydrogen) atoms. The average molecular weight is 153 g/mol. The van der Waals surface area contributed by atoms with Gasteiger partial charge in [0.2, 0.25) is 0 Å². The number of halogens is 1. The molecule has 0 aromatic carbocycles. The molecule has 0 amide bonds. The molecule has 0 bridgehead atoms. The molecule has 0 radical (unpaired) electrons. The predicted octanol–water partition coefficient (Wildman–Crippen LogP) is 1.69. The molecule has 1 aromatic heterocycles. The summed E-state index contributed by atoms with van der Waals surface area (Å²) in [6.07, 6.45) is 1.51. The molecule has 1 rings (SSSR count). The number of alkyl halides is 1. The van der Waals surface area contributed by atoms with E-state index in [4.69, 9.17) is 16.9 Å². The van der Waals surface area contributed by atoms with Crippen molar-refractivity contribution in [1.82, 2.24) is 4.98 Å². The third-order valence-electron chi connectivity index (χ3n) is 1.09. The fraction of sp³-hybridized carbons (Fsp3) is 0.143. The van der Waals surface area contributed by atoms with Gasteiger partial charge in [0.15, 0.2) is 0 Å². The summed E-state index contributed by atoms with van der Waals surface area (Å²) in [7, 11) is 0. The topological polar surface area (TPSA) is 36.7 Å². The number of hydrogen-bond donors (Lipinski definition) is 0. The zero-order chi connectivity index (χ0) is 7.40. The van der Waals surface area contributed by atoms with Crippen molar-refractivity contribution < 1.29 is 0 Å². The third kappa shape index (κ3) is 1.46. The van der Waals surface area contributed by atoms with Crippen LogP contribution in [-0.4, -0.2) is 4.98 Å². The van der Waals surface area contributed by atoms with Crippen LogP contribution >= 0.6 is 11.6 Å². The number of nitrogens with zero attached hydrogens (tertiary/aromatic N) is 2. The van der Waals surface area contributed by atoms with Crippen molar-refractivity contribution in [2.45, 2.75) is 5.88 Å². The Labute approximate surface area is 64.1 Å². The van der Waals surface area contributed by atoms with E-state index < -0.39 is 0 Å². The molecule has 50 valence electrons. The fourth-order valence-electron chi connectivity index (χ4n) is 0.570. The maximum Gasteiger partial charge on any atom is 0.101 e. The van der Waals surface area contributed by atoms with E-state index in [9.17, 15) is 0 Å². The first kappa shape index (κ1) is 7.04. The summed E-state index contributed by atoms with van der Waals surface area (Å²) in [6, 6.07) is 5.41. The lowest BCUT2D eigenvalue weighted by atomic mass is 10.3. The Bertz CT molecular complexity index is 247. The van der Waals surface area contributed by atoms with E-state index in [-0.39, 0.29) is 0 Å². The van der Waals surface area contributed by atoms with Crippen molar-refractivity contribution in [2.24, 2.45) is 0 Å². The van der Waals surface area contributed by atoms with E-state index >= 15 is 0 Å². The first-order chi connectivity index (χ1) is 4.86. The molecule has 0 aliphatic carbocycles. The summed E-state index contributed by atoms with van der Waals surface area (Å²) in [6.45, 7) is 0. The second-order valence-corrected chi connectivity index (χ2v) is 2.05. The monoisotopic (exact) mass is 152 g/mol. The van der Waals surface area contributed by atoms with Gasteiger partial charge in [-0.25, -0.2) is 0 Å². The highest BCUT2D eigenvalue weighted by atomic mass is 35.5. The van der Waals surface area contributed by atoms with Crippen LogP contribution in [0.25, 0.3) is 0 Å². The molecule has 3 heteroatoms. The van der Waals surface area contributed by atoms with Gasteiger partial charge in [0, 0.05) is 6.20 Å². The largest absolute Gasteiger partial charge is 0.259 e. The van der Waals surface area contributed by atoms with Gasteiger partial charge < -0.3 is 0 Å². The van der Waals surface area contributed by atoms with Crippen LogP contribution in [0.15, 0.2) is 18.3 Å². The Morgan fingerprint density at radius 3 is 2.80 bits per heavy atom. The lowest BCUT2D eigenvalue weighted by molar-refractivity contribution is 1.16. The van der Waals surface area contributed by atoms with Gasteiger partial charge in [0.1, 0.15) is 6.07 Å². The normalized spacial score (nSPS) is 8.80. The number of rotatable bonds is 1. The Morgan fingerprint density at radius 2 is 2.40 bits per heavy atom. The summed E-state index contributed by atoms with van der Waals surface area (Å²) < 4.78 is 0. The zero-order valence-corrected chi connectivity index (χ0v) is 5.97. The van der Waals surface area contributed by atoms with Gasteiger partial charge in [0.05, 0.1) is 17.1 Å². The molecule has 0 N–H and O–H groups in total. The first-order valence-corrected chi connectivity index (χ1v) is 3.31. The fourth-order valence-corrected chi connectivity index (χ4v) is 0.728. The van der Waals surface area contributed by atoms with Gasteiger partial charge in [-0.3, -0.25) is 4.98 Å². The van der Waals surface area contributed by atoms with Crippen molar-refractivity contribution in [3.63, 3.8) is 0 Å². The Kier molecular flexibility index (Phi) is 2.24. The first-order valence-electron chi connectivity index (χ1n) is 2.78. The summed E-state index contributed by atoms with van der Waals surface area (Å²) in [4.78, 5) is 3.91. The lowest BCUT2D eigenvalue weighted by Crippen LogP contribution is -1.84. The minimum Gasteiger partial charge on any atom is -0.259 e. The van der Waals surface area contributed by atoms with Gasteiger partial charge >= 0.3 is 0 Å². The molecule has 1 aromatic rings. The molecule has 0 aliphatic heterocycles. The lowest BCUT2D eigenvalue weighted by Gasteiger charge is -1.90. The van der Waals surface area contributed by atoms with E-state index in [1.807, 2.05) is 6.07 Å². The van der Waals surface area contributed by atoms with Crippen LogP contribution in [-0.2, 0) is 5.88 Å². The summed E-state index contributed by atoms with van der Waals surface area (Å²) in [5, 5.41) is 8.38. The summed E-state index contributed by atoms with van der Waals surface area (Å²) in [5.74, 6) is 0.395. The molecule has 0 saturated heterocycles. The minimum absolute atomic E-state index is 0.395. The van der Waals surface area contributed by atoms with Crippen LogP contribution in [0.5, 0.6) is 0 Å². The molecular weight excluding hydrogens is 148 g/mol. The van der Waals surface area contributed by atoms with E-state index in [1.54, 1.807) is 12.1 Å². The highest BCUT2D eigenvalue weighted by molar-refractivity contribution is 6.16. The van der Waals surface area contributed by atoms with Gasteiger partial charge in [-0.05, 0) is 12.1 Å². The Morgan fingerprint density at radius 1 is 1.60 bits per heavy atom. The predicted molar refractivity (Wildman–Crippen MR) is 38.5 cm³/mol. The minimum atomic E-state index is 0.395. The van der Waals surface area contributed by atoms with E-state index in [2.05, 4.69) is 4.98 Å². The van der Waals surface area contributed by atoms with Gasteiger partial charge in [-0.15, -0.1) is 11.6 Å². The van der Waals surface area contributed by atoms with E-state index in [0.717, 1.165) is 5.69 Å². The molecule has 0 aliphatic rings. The van der Waals surface area contributed by atoms with Crippen LogP contribution in [0, 0.1) is 11.3 Å². The van der Waals surface area contributed by atoms with Gasteiger partial charge in [-0.2, -0.15) is 5.26 Å². The van der Waals surface area contributed by atoms with E-state index in [0.29, 0.717) is 11.4 Å². The standard InChI is InChI=1S/C7H5ClN2/c8-3-7-2-1-6(4-9)5-10-7/h1-2,5H,3H2. The third-order valence-corrected chi connectivity index (χ3v) is 1.36. The summed E-state index contributed by atoms with van der Waals surface area (Å²) in [5.41, 5.74) is 1.36. The molecule has 0 spiro atoms. The second-order valence-electron chi connectivity index (χ2n) is 1.78. The molecule has 1 heterocycles. The van der Waals surface area contributed by atoms with Crippen LogP contribution in [0.4, 0.5) is 0 Å². The van der Waals surface area contributed by atoms with Crippen molar-refractivity contribution in [2.75, 3.05) is 0 Å². The molecule has 0 saturated carbocycles. The van der Waals surface area contributed by atoms with Crippen molar-refractivity contribution in [3.05, 3.63) is 29.6 Å². The maximum atomic E-state index is 8.38. The highest BCUT2D eigenvalue weighted by Gasteiger charge is 1.91. The quantitative estimate of drug-likeness (QED) is 0.575. The second kappa shape index (κ2) is 3.19. The molecule has 0 atom stereocenters. The van der Waals surface area contributed by atoms with Gasteiger partial charge in [-0.1, -0.05) is 0 Å². The van der Waals surface area contributed by atoms with Crippen LogP contribution < -0.4 is 0 Å². The number of hydrogen-bond acceptors (Lipinski definition) is 2. The summed E-state index contributed by atoms with van der Waals surface area (Å²) >= 11 is 5.48. The number of pyridine rings is 1. The molecule has 2 nitrogen and oxygen atoms in total. The van der Waals surface area contributed by atoms with Crippen LogP contribution in [0.3, 0.4) is 0 Å². The smallest absolute Gasteiger partial charge is 0.101 e. The van der Waals surface area contributed by atoms with Crippen molar-refractivity contribution >= 4 is 11.6 Å². The van der Waals surface area contributed by atoms with Gasteiger partial charge in [0.25, 0.3) is 0 Å². The van der Waals surface area contributed by atoms with Crippen LogP contribution in [0.2, 0.25) is 0 Å².